The van der Waals surface area contributed by atoms with Gasteiger partial charge in [-0.3, -0.25) is 4.79 Å². The van der Waals surface area contributed by atoms with Crippen LogP contribution in [0.4, 0.5) is 0 Å². The van der Waals surface area contributed by atoms with Gasteiger partial charge in [-0.2, -0.15) is 4.99 Å². The molecule has 0 radical (unpaired) electrons. The molecule has 0 fully saturated rings. The molecule has 3 rings (SSSR count). The molecule has 0 aliphatic carbocycles. The largest absolute Gasteiger partial charge is 0.304 e. The number of fused-ring (bicyclic) bond motifs is 1. The van der Waals surface area contributed by atoms with Crippen molar-refractivity contribution in [2.75, 3.05) is 6.26 Å². The van der Waals surface area contributed by atoms with Crippen molar-refractivity contribution in [2.24, 2.45) is 4.99 Å². The van der Waals surface area contributed by atoms with Crippen LogP contribution in [-0.4, -0.2) is 16.7 Å². The molecule has 0 saturated heterocycles. The topological polar surface area (TPSA) is 34.4 Å². The van der Waals surface area contributed by atoms with Crippen molar-refractivity contribution in [3.05, 3.63) is 57.9 Å². The summed E-state index contributed by atoms with van der Waals surface area (Å²) in [6.07, 6.45) is 7.55. The summed E-state index contributed by atoms with van der Waals surface area (Å²) in [6, 6.07) is 11.6. The van der Waals surface area contributed by atoms with Crippen LogP contribution in [0.2, 0.25) is 0 Å². The number of benzene rings is 2. The van der Waals surface area contributed by atoms with Crippen LogP contribution in [0.25, 0.3) is 10.2 Å². The normalized spacial score (nSPS) is 11.7. The van der Waals surface area contributed by atoms with E-state index in [0.29, 0.717) is 16.9 Å². The van der Waals surface area contributed by atoms with Gasteiger partial charge in [0.25, 0.3) is 5.91 Å². The molecule has 1 heterocycles. The van der Waals surface area contributed by atoms with Crippen molar-refractivity contribution in [1.29, 1.82) is 0 Å². The maximum atomic E-state index is 12.6. The first-order valence-corrected chi connectivity index (χ1v) is 9.85. The Kier molecular flexibility index (Phi) is 5.12. The average Bonchev–Trinajstić information content (AvgIpc) is 2.98. The van der Waals surface area contributed by atoms with Crippen LogP contribution in [-0.2, 0) is 6.54 Å². The summed E-state index contributed by atoms with van der Waals surface area (Å²) in [5, 5.41) is 0. The van der Waals surface area contributed by atoms with E-state index in [9.17, 15) is 4.79 Å². The highest BCUT2D eigenvalue weighted by Gasteiger charge is 2.12. The van der Waals surface area contributed by atoms with Gasteiger partial charge in [-0.15, -0.1) is 18.2 Å². The molecule has 0 saturated carbocycles. The maximum absolute atomic E-state index is 12.6. The summed E-state index contributed by atoms with van der Waals surface area (Å²) in [5.74, 6) is 2.42. The van der Waals surface area contributed by atoms with E-state index < -0.39 is 0 Å². The van der Waals surface area contributed by atoms with Crippen molar-refractivity contribution in [3.63, 3.8) is 0 Å². The van der Waals surface area contributed by atoms with Gasteiger partial charge < -0.3 is 4.57 Å². The third-order valence-corrected chi connectivity index (χ3v) is 5.97. The van der Waals surface area contributed by atoms with Gasteiger partial charge in [0.2, 0.25) is 0 Å². The lowest BCUT2D eigenvalue weighted by atomic mass is 10.1. The monoisotopic (exact) mass is 366 g/mol. The predicted molar refractivity (Wildman–Crippen MR) is 106 cm³/mol. The maximum Gasteiger partial charge on any atom is 0.279 e. The number of rotatable bonds is 3. The van der Waals surface area contributed by atoms with E-state index in [2.05, 4.69) is 30.0 Å². The zero-order chi connectivity index (χ0) is 18.0. The predicted octanol–water partition coefficient (Wildman–Crippen LogP) is 4.42. The number of thioether (sulfide) groups is 1. The van der Waals surface area contributed by atoms with E-state index in [1.807, 2.05) is 42.0 Å². The van der Waals surface area contributed by atoms with E-state index >= 15 is 0 Å². The number of amides is 1. The second-order valence-electron chi connectivity index (χ2n) is 5.70. The van der Waals surface area contributed by atoms with E-state index in [1.165, 1.54) is 11.3 Å². The van der Waals surface area contributed by atoms with Crippen LogP contribution in [0.1, 0.15) is 21.5 Å². The first kappa shape index (κ1) is 17.5. The Labute approximate surface area is 155 Å². The molecular formula is C20H18N2OS2. The minimum atomic E-state index is -0.250. The lowest BCUT2D eigenvalue weighted by molar-refractivity contribution is 0.0998. The summed E-state index contributed by atoms with van der Waals surface area (Å²) >= 11 is 3.15. The Hall–Kier alpha value is -2.29. The first-order chi connectivity index (χ1) is 12.0. The molecule has 3 nitrogen and oxygen atoms in total. The van der Waals surface area contributed by atoms with Gasteiger partial charge in [-0.1, -0.05) is 29.4 Å². The van der Waals surface area contributed by atoms with Crippen LogP contribution in [0.5, 0.6) is 0 Å². The van der Waals surface area contributed by atoms with Crippen LogP contribution in [0.3, 0.4) is 0 Å². The molecular weight excluding hydrogens is 348 g/mol. The number of aryl methyl sites for hydroxylation is 2. The molecule has 0 unspecified atom stereocenters. The SMILES string of the molecule is C#CCn1c(=NC(=O)c2ccc(SC)cc2)sc2c(C)ccc(C)c21. The number of terminal acetylenes is 1. The molecule has 0 bridgehead atoms. The lowest BCUT2D eigenvalue weighted by Gasteiger charge is -2.04. The molecule has 25 heavy (non-hydrogen) atoms. The summed E-state index contributed by atoms with van der Waals surface area (Å²) in [4.78, 5) is 18.7. The Bertz CT molecular complexity index is 1050. The highest BCUT2D eigenvalue weighted by Crippen LogP contribution is 2.25. The third kappa shape index (κ3) is 3.41. The summed E-state index contributed by atoms with van der Waals surface area (Å²) < 4.78 is 3.08. The molecule has 2 aromatic carbocycles. The van der Waals surface area contributed by atoms with E-state index in [4.69, 9.17) is 6.42 Å². The second kappa shape index (κ2) is 7.30. The molecule has 1 aromatic heterocycles. The fourth-order valence-electron chi connectivity index (χ4n) is 2.68. The molecule has 5 heteroatoms. The molecule has 0 atom stereocenters. The molecule has 0 spiro atoms. The highest BCUT2D eigenvalue weighted by atomic mass is 32.2. The summed E-state index contributed by atoms with van der Waals surface area (Å²) in [5.41, 5.74) is 3.93. The van der Waals surface area contributed by atoms with Gasteiger partial charge >= 0.3 is 0 Å². The van der Waals surface area contributed by atoms with Crippen molar-refractivity contribution in [1.82, 2.24) is 4.57 Å². The number of hydrogen-bond donors (Lipinski definition) is 0. The molecule has 0 aliphatic heterocycles. The van der Waals surface area contributed by atoms with Crippen LogP contribution in [0, 0.1) is 26.2 Å². The minimum absolute atomic E-state index is 0.250. The number of aromatic nitrogens is 1. The smallest absolute Gasteiger partial charge is 0.279 e. The standard InChI is InChI=1S/C20H18N2OS2/c1-5-12-22-17-13(2)6-7-14(3)18(17)25-20(22)21-19(23)15-8-10-16(24-4)11-9-15/h1,6-11H,12H2,2-4H3. The number of carbonyl (C=O) groups is 1. The van der Waals surface area contributed by atoms with Crippen LogP contribution in [0.15, 0.2) is 46.3 Å². The fourth-order valence-corrected chi connectivity index (χ4v) is 4.27. The zero-order valence-electron chi connectivity index (χ0n) is 14.4. The Balaban J connectivity index is 2.16. The van der Waals surface area contributed by atoms with Gasteiger partial charge in [-0.05, 0) is 55.5 Å². The number of carbonyl (C=O) groups excluding carboxylic acids is 1. The third-order valence-electron chi connectivity index (χ3n) is 4.01. The summed E-state index contributed by atoms with van der Waals surface area (Å²) in [6.45, 7) is 4.50. The van der Waals surface area contributed by atoms with Gasteiger partial charge in [-0.25, -0.2) is 0 Å². The van der Waals surface area contributed by atoms with E-state index in [0.717, 1.165) is 26.2 Å². The zero-order valence-corrected chi connectivity index (χ0v) is 16.0. The van der Waals surface area contributed by atoms with Crippen LogP contribution >= 0.6 is 23.1 Å². The second-order valence-corrected chi connectivity index (χ2v) is 7.55. The van der Waals surface area contributed by atoms with Crippen molar-refractivity contribution in [2.45, 2.75) is 25.3 Å². The molecule has 0 N–H and O–H groups in total. The Morgan fingerprint density at radius 1 is 1.20 bits per heavy atom. The fraction of sp³-hybridized carbons (Fsp3) is 0.200. The van der Waals surface area contributed by atoms with Crippen molar-refractivity contribution >= 4 is 39.2 Å². The molecule has 3 aromatic rings. The van der Waals surface area contributed by atoms with Gasteiger partial charge in [0.05, 0.1) is 16.8 Å². The van der Waals surface area contributed by atoms with E-state index in [1.54, 1.807) is 11.8 Å². The number of thiazole rings is 1. The first-order valence-electron chi connectivity index (χ1n) is 7.81. The average molecular weight is 367 g/mol. The Morgan fingerprint density at radius 3 is 2.52 bits per heavy atom. The van der Waals surface area contributed by atoms with Crippen molar-refractivity contribution < 1.29 is 4.79 Å². The van der Waals surface area contributed by atoms with Crippen molar-refractivity contribution in [3.8, 4) is 12.3 Å². The lowest BCUT2D eigenvalue weighted by Crippen LogP contribution is -2.16. The Morgan fingerprint density at radius 2 is 1.88 bits per heavy atom. The van der Waals surface area contributed by atoms with Gasteiger partial charge in [0, 0.05) is 10.5 Å². The number of hydrogen-bond acceptors (Lipinski definition) is 3. The van der Waals surface area contributed by atoms with E-state index in [-0.39, 0.29) is 5.91 Å². The minimum Gasteiger partial charge on any atom is -0.304 e. The van der Waals surface area contributed by atoms with Crippen LogP contribution < -0.4 is 4.80 Å². The number of nitrogens with zero attached hydrogens (tertiary/aromatic N) is 2. The summed E-state index contributed by atoms with van der Waals surface area (Å²) in [7, 11) is 0. The van der Waals surface area contributed by atoms with Gasteiger partial charge in [0.1, 0.15) is 0 Å². The van der Waals surface area contributed by atoms with Gasteiger partial charge in [0.15, 0.2) is 4.80 Å². The molecule has 0 aliphatic rings. The quantitative estimate of drug-likeness (QED) is 0.508. The molecule has 1 amide bonds. The molecule has 126 valence electrons. The highest BCUT2D eigenvalue weighted by molar-refractivity contribution is 7.98.